The lowest BCUT2D eigenvalue weighted by molar-refractivity contribution is -0.144. The predicted octanol–water partition coefficient (Wildman–Crippen LogP) is 2.40. The Bertz CT molecular complexity index is 460. The Balaban J connectivity index is 2.01. The van der Waals surface area contributed by atoms with E-state index in [-0.39, 0.29) is 5.92 Å². The average molecular weight is 263 g/mol. The zero-order valence-electron chi connectivity index (χ0n) is 11.5. The van der Waals surface area contributed by atoms with Crippen molar-refractivity contribution in [2.75, 3.05) is 13.2 Å². The molecule has 2 atom stereocenters. The van der Waals surface area contributed by atoms with Gasteiger partial charge in [0.2, 0.25) is 0 Å². The molecule has 0 saturated heterocycles. The van der Waals surface area contributed by atoms with Crippen LogP contribution in [0.3, 0.4) is 0 Å². The number of hydrogen-bond donors (Lipinski definition) is 2. The van der Waals surface area contributed by atoms with Crippen LogP contribution in [0.25, 0.3) is 0 Å². The molecule has 0 bridgehead atoms. The summed E-state index contributed by atoms with van der Waals surface area (Å²) in [5.74, 6) is 0.357. The van der Waals surface area contributed by atoms with Gasteiger partial charge in [-0.15, -0.1) is 0 Å². The van der Waals surface area contributed by atoms with Gasteiger partial charge in [-0.25, -0.2) is 0 Å². The van der Waals surface area contributed by atoms with Crippen LogP contribution in [0.15, 0.2) is 24.3 Å². The van der Waals surface area contributed by atoms with Gasteiger partial charge < -0.3 is 15.2 Å². The van der Waals surface area contributed by atoms with E-state index in [9.17, 15) is 9.90 Å². The second-order valence-electron chi connectivity index (χ2n) is 5.31. The second-order valence-corrected chi connectivity index (χ2v) is 5.31. The van der Waals surface area contributed by atoms with Gasteiger partial charge in [0, 0.05) is 18.0 Å². The molecule has 1 heterocycles. The van der Waals surface area contributed by atoms with E-state index in [0.29, 0.717) is 19.6 Å². The highest BCUT2D eigenvalue weighted by Crippen LogP contribution is 2.33. The number of hydrogen-bond acceptors (Lipinski definition) is 3. The molecule has 2 unspecified atom stereocenters. The van der Waals surface area contributed by atoms with E-state index in [4.69, 9.17) is 4.74 Å². The van der Waals surface area contributed by atoms with Gasteiger partial charge in [0.1, 0.15) is 11.3 Å². The fourth-order valence-electron chi connectivity index (χ4n) is 2.52. The van der Waals surface area contributed by atoms with Crippen molar-refractivity contribution >= 4 is 5.97 Å². The number of rotatable bonds is 6. The largest absolute Gasteiger partial charge is 0.493 e. The summed E-state index contributed by atoms with van der Waals surface area (Å²) in [6.07, 6.45) is 1.46. The third-order valence-electron chi connectivity index (χ3n) is 3.76. The van der Waals surface area contributed by atoms with Crippen molar-refractivity contribution in [1.82, 2.24) is 5.32 Å². The first-order valence-corrected chi connectivity index (χ1v) is 6.77. The second kappa shape index (κ2) is 5.61. The van der Waals surface area contributed by atoms with Crippen molar-refractivity contribution in [2.45, 2.75) is 38.1 Å². The molecule has 0 radical (unpaired) electrons. The van der Waals surface area contributed by atoms with Crippen LogP contribution in [0.1, 0.15) is 38.2 Å². The van der Waals surface area contributed by atoms with Gasteiger partial charge in [0.25, 0.3) is 0 Å². The highest BCUT2D eigenvalue weighted by atomic mass is 16.5. The summed E-state index contributed by atoms with van der Waals surface area (Å²) in [7, 11) is 0. The molecular formula is C15H21NO3. The van der Waals surface area contributed by atoms with Crippen LogP contribution in [0.2, 0.25) is 0 Å². The molecule has 104 valence electrons. The third kappa shape index (κ3) is 2.89. The Labute approximate surface area is 113 Å². The first-order valence-electron chi connectivity index (χ1n) is 6.77. The SMILES string of the molecule is CCCC(C)(NCC1COc2ccccc21)C(=O)O. The van der Waals surface area contributed by atoms with Crippen molar-refractivity contribution < 1.29 is 14.6 Å². The molecule has 4 heteroatoms. The quantitative estimate of drug-likeness (QED) is 0.827. The van der Waals surface area contributed by atoms with Crippen LogP contribution in [0.5, 0.6) is 5.75 Å². The number of aliphatic carboxylic acids is 1. The topological polar surface area (TPSA) is 58.6 Å². The maximum absolute atomic E-state index is 11.4. The van der Waals surface area contributed by atoms with Crippen molar-refractivity contribution in [2.24, 2.45) is 0 Å². The minimum Gasteiger partial charge on any atom is -0.493 e. The number of para-hydroxylation sites is 1. The number of carboxylic acid groups (broad SMARTS) is 1. The summed E-state index contributed by atoms with van der Waals surface area (Å²) >= 11 is 0. The van der Waals surface area contributed by atoms with Crippen molar-refractivity contribution in [3.8, 4) is 5.75 Å². The maximum atomic E-state index is 11.4. The Morgan fingerprint density at radius 3 is 2.95 bits per heavy atom. The molecule has 4 nitrogen and oxygen atoms in total. The van der Waals surface area contributed by atoms with E-state index < -0.39 is 11.5 Å². The van der Waals surface area contributed by atoms with Crippen molar-refractivity contribution in [3.63, 3.8) is 0 Å². The summed E-state index contributed by atoms with van der Waals surface area (Å²) in [6, 6.07) is 7.94. The molecule has 1 aromatic rings. The van der Waals surface area contributed by atoms with E-state index in [0.717, 1.165) is 12.2 Å². The lowest BCUT2D eigenvalue weighted by Gasteiger charge is -2.27. The number of carboxylic acids is 1. The van der Waals surface area contributed by atoms with E-state index in [1.165, 1.54) is 5.56 Å². The molecule has 0 aliphatic carbocycles. The molecule has 0 fully saturated rings. The zero-order valence-corrected chi connectivity index (χ0v) is 11.5. The number of carbonyl (C=O) groups is 1. The summed E-state index contributed by atoms with van der Waals surface area (Å²) in [5, 5.41) is 12.5. The van der Waals surface area contributed by atoms with Crippen LogP contribution in [-0.4, -0.2) is 29.8 Å². The molecule has 19 heavy (non-hydrogen) atoms. The van der Waals surface area contributed by atoms with E-state index >= 15 is 0 Å². The van der Waals surface area contributed by atoms with Crippen LogP contribution in [-0.2, 0) is 4.79 Å². The monoisotopic (exact) mass is 263 g/mol. The van der Waals surface area contributed by atoms with Gasteiger partial charge in [-0.05, 0) is 19.4 Å². The Morgan fingerprint density at radius 2 is 2.26 bits per heavy atom. The van der Waals surface area contributed by atoms with Crippen molar-refractivity contribution in [3.05, 3.63) is 29.8 Å². The highest BCUT2D eigenvalue weighted by Gasteiger charge is 2.33. The molecule has 0 spiro atoms. The first-order chi connectivity index (χ1) is 9.07. The standard InChI is InChI=1S/C15H21NO3/c1-3-8-15(2,14(17)18)16-9-11-10-19-13-7-5-4-6-12(11)13/h4-7,11,16H,3,8-10H2,1-2H3,(H,17,18). The Kier molecular flexibility index (Phi) is 4.10. The molecule has 1 aliphatic heterocycles. The third-order valence-corrected chi connectivity index (χ3v) is 3.76. The predicted molar refractivity (Wildman–Crippen MR) is 73.6 cm³/mol. The molecule has 2 N–H and O–H groups in total. The smallest absolute Gasteiger partial charge is 0.323 e. The lowest BCUT2D eigenvalue weighted by atomic mass is 9.94. The van der Waals surface area contributed by atoms with Crippen molar-refractivity contribution in [1.29, 1.82) is 0 Å². The molecule has 0 saturated carbocycles. The summed E-state index contributed by atoms with van der Waals surface area (Å²) in [4.78, 5) is 11.4. The fraction of sp³-hybridized carbons (Fsp3) is 0.533. The summed E-state index contributed by atoms with van der Waals surface area (Å²) in [5.41, 5.74) is 0.311. The summed E-state index contributed by atoms with van der Waals surface area (Å²) in [6.45, 7) is 4.99. The minimum absolute atomic E-state index is 0.228. The number of nitrogens with one attached hydrogen (secondary N) is 1. The fourth-order valence-corrected chi connectivity index (χ4v) is 2.52. The lowest BCUT2D eigenvalue weighted by Crippen LogP contribution is -2.50. The number of benzene rings is 1. The van der Waals surface area contributed by atoms with Crippen LogP contribution < -0.4 is 10.1 Å². The highest BCUT2D eigenvalue weighted by molar-refractivity contribution is 5.78. The van der Waals surface area contributed by atoms with Gasteiger partial charge >= 0.3 is 5.97 Å². The molecule has 2 rings (SSSR count). The van der Waals surface area contributed by atoms with E-state index in [1.807, 2.05) is 31.2 Å². The molecule has 0 amide bonds. The van der Waals surface area contributed by atoms with Gasteiger partial charge in [0.15, 0.2) is 0 Å². The van der Waals surface area contributed by atoms with Crippen LogP contribution in [0, 0.1) is 0 Å². The first kappa shape index (κ1) is 13.9. The van der Waals surface area contributed by atoms with E-state index in [2.05, 4.69) is 5.32 Å². The number of fused-ring (bicyclic) bond motifs is 1. The zero-order chi connectivity index (χ0) is 13.9. The van der Waals surface area contributed by atoms with Gasteiger partial charge in [-0.3, -0.25) is 4.79 Å². The Hall–Kier alpha value is -1.55. The normalized spacial score (nSPS) is 20.4. The molecule has 0 aromatic heterocycles. The Morgan fingerprint density at radius 1 is 1.53 bits per heavy atom. The van der Waals surface area contributed by atoms with Gasteiger partial charge in [-0.2, -0.15) is 0 Å². The average Bonchev–Trinajstić information content (AvgIpc) is 2.80. The summed E-state index contributed by atoms with van der Waals surface area (Å²) < 4.78 is 5.61. The van der Waals surface area contributed by atoms with Gasteiger partial charge in [-0.1, -0.05) is 31.5 Å². The minimum atomic E-state index is -0.855. The van der Waals surface area contributed by atoms with Crippen LogP contribution >= 0.6 is 0 Å². The van der Waals surface area contributed by atoms with Gasteiger partial charge in [0.05, 0.1) is 6.61 Å². The van der Waals surface area contributed by atoms with E-state index in [1.54, 1.807) is 6.92 Å². The number of ether oxygens (including phenoxy) is 1. The molecule has 1 aromatic carbocycles. The van der Waals surface area contributed by atoms with Crippen LogP contribution in [0.4, 0.5) is 0 Å². The molecule has 1 aliphatic rings. The maximum Gasteiger partial charge on any atom is 0.323 e. The molecular weight excluding hydrogens is 242 g/mol.